The fourth-order valence-electron chi connectivity index (χ4n) is 1.40. The summed E-state index contributed by atoms with van der Waals surface area (Å²) in [6.07, 6.45) is 3.32. The van der Waals surface area contributed by atoms with Crippen LogP contribution in [0.2, 0.25) is 5.15 Å². The smallest absolute Gasteiger partial charge is 0.159 e. The Balaban J connectivity index is 2.38. The maximum absolute atomic E-state index is 9.65. The van der Waals surface area contributed by atoms with E-state index in [1.54, 1.807) is 32.3 Å². The summed E-state index contributed by atoms with van der Waals surface area (Å²) in [4.78, 5) is 4.03. The molecular weight excluding hydrogens is 240 g/mol. The summed E-state index contributed by atoms with van der Waals surface area (Å²) in [5, 5.41) is 22.4. The van der Waals surface area contributed by atoms with Crippen molar-refractivity contribution >= 4 is 28.2 Å². The molecule has 17 heavy (non-hydrogen) atoms. The number of pyridine rings is 1. The highest BCUT2D eigenvalue weighted by Crippen LogP contribution is 2.24. The van der Waals surface area contributed by atoms with Crippen molar-refractivity contribution < 1.29 is 5.11 Å². The fraction of sp³-hybridized carbons (Fsp3) is 0.364. The van der Waals surface area contributed by atoms with Crippen molar-refractivity contribution in [3.8, 4) is 0 Å². The Morgan fingerprint density at radius 3 is 2.82 bits per heavy atom. The van der Waals surface area contributed by atoms with Crippen LogP contribution in [0.4, 0.5) is 5.82 Å². The number of halogens is 1. The lowest BCUT2D eigenvalue weighted by molar-refractivity contribution is 0.0944. The Hall–Kier alpha value is -1.46. The van der Waals surface area contributed by atoms with Gasteiger partial charge in [-0.1, -0.05) is 11.6 Å². The van der Waals surface area contributed by atoms with Gasteiger partial charge in [0.1, 0.15) is 0 Å². The van der Waals surface area contributed by atoms with E-state index in [4.69, 9.17) is 11.6 Å². The molecule has 2 heterocycles. The molecule has 6 heteroatoms. The van der Waals surface area contributed by atoms with E-state index in [0.717, 1.165) is 10.8 Å². The molecule has 0 saturated carbocycles. The first-order valence-corrected chi connectivity index (χ1v) is 5.57. The number of aromatic nitrogens is 3. The van der Waals surface area contributed by atoms with Gasteiger partial charge in [0, 0.05) is 29.7 Å². The summed E-state index contributed by atoms with van der Waals surface area (Å²) in [6.45, 7) is 3.79. The van der Waals surface area contributed by atoms with Gasteiger partial charge in [-0.3, -0.25) is 4.98 Å². The van der Waals surface area contributed by atoms with Crippen molar-refractivity contribution in [2.45, 2.75) is 19.4 Å². The second-order valence-electron chi connectivity index (χ2n) is 4.43. The summed E-state index contributed by atoms with van der Waals surface area (Å²) in [5.74, 6) is 0.569. The number of aliphatic hydroxyl groups is 1. The SMILES string of the molecule is CC(C)(O)CNc1nnc(Cl)c2ccncc12. The Labute approximate surface area is 104 Å². The Bertz CT molecular complexity index is 538. The van der Waals surface area contributed by atoms with E-state index in [9.17, 15) is 5.11 Å². The van der Waals surface area contributed by atoms with E-state index in [-0.39, 0.29) is 0 Å². The minimum Gasteiger partial charge on any atom is -0.389 e. The highest BCUT2D eigenvalue weighted by molar-refractivity contribution is 6.34. The van der Waals surface area contributed by atoms with Crippen LogP contribution in [0.5, 0.6) is 0 Å². The molecule has 0 fully saturated rings. The maximum atomic E-state index is 9.65. The van der Waals surface area contributed by atoms with E-state index in [0.29, 0.717) is 17.5 Å². The fourth-order valence-corrected chi connectivity index (χ4v) is 1.60. The first kappa shape index (κ1) is 12.0. The zero-order valence-electron chi connectivity index (χ0n) is 9.61. The third-order valence-corrected chi connectivity index (χ3v) is 2.50. The van der Waals surface area contributed by atoms with Crippen LogP contribution in [0.1, 0.15) is 13.8 Å². The second kappa shape index (κ2) is 4.43. The molecule has 0 bridgehead atoms. The average Bonchev–Trinajstić information content (AvgIpc) is 2.27. The maximum Gasteiger partial charge on any atom is 0.159 e. The highest BCUT2D eigenvalue weighted by Gasteiger charge is 2.14. The molecular formula is C11H13ClN4O. The molecule has 90 valence electrons. The molecule has 0 aromatic carbocycles. The van der Waals surface area contributed by atoms with Gasteiger partial charge < -0.3 is 10.4 Å². The number of hydrogen-bond acceptors (Lipinski definition) is 5. The highest BCUT2D eigenvalue weighted by atomic mass is 35.5. The molecule has 2 aromatic heterocycles. The Morgan fingerprint density at radius 2 is 2.12 bits per heavy atom. The molecule has 0 unspecified atom stereocenters. The number of nitrogens with zero attached hydrogens (tertiary/aromatic N) is 3. The third-order valence-electron chi connectivity index (χ3n) is 2.22. The van der Waals surface area contributed by atoms with Gasteiger partial charge in [0.15, 0.2) is 11.0 Å². The average molecular weight is 253 g/mol. The molecule has 0 saturated heterocycles. The second-order valence-corrected chi connectivity index (χ2v) is 4.78. The standard InChI is InChI=1S/C11H13ClN4O/c1-11(2,17)6-14-10-8-5-13-4-3-7(8)9(12)15-16-10/h3-5,17H,6H2,1-2H3,(H,14,16). The zero-order chi connectivity index (χ0) is 12.5. The van der Waals surface area contributed by atoms with Crippen molar-refractivity contribution in [1.29, 1.82) is 0 Å². The molecule has 0 amide bonds. The van der Waals surface area contributed by atoms with E-state index < -0.39 is 5.60 Å². The molecule has 0 aliphatic carbocycles. The number of anilines is 1. The lowest BCUT2D eigenvalue weighted by Gasteiger charge is -2.18. The Kier molecular flexibility index (Phi) is 3.13. The molecule has 0 spiro atoms. The van der Waals surface area contributed by atoms with Gasteiger partial charge in [-0.15, -0.1) is 10.2 Å². The molecule has 2 rings (SSSR count). The van der Waals surface area contributed by atoms with Gasteiger partial charge in [-0.2, -0.15) is 0 Å². The number of fused-ring (bicyclic) bond motifs is 1. The first-order valence-electron chi connectivity index (χ1n) is 5.19. The number of hydrogen-bond donors (Lipinski definition) is 2. The molecule has 5 nitrogen and oxygen atoms in total. The van der Waals surface area contributed by atoms with Gasteiger partial charge in [-0.25, -0.2) is 0 Å². The lowest BCUT2D eigenvalue weighted by atomic mass is 10.1. The number of nitrogens with one attached hydrogen (secondary N) is 1. The van der Waals surface area contributed by atoms with Crippen LogP contribution >= 0.6 is 11.6 Å². The third kappa shape index (κ3) is 2.81. The van der Waals surface area contributed by atoms with Crippen LogP contribution in [0.15, 0.2) is 18.5 Å². The van der Waals surface area contributed by atoms with Crippen LogP contribution in [0.25, 0.3) is 10.8 Å². The van der Waals surface area contributed by atoms with Crippen LogP contribution in [0.3, 0.4) is 0 Å². The quantitative estimate of drug-likeness (QED) is 0.873. The van der Waals surface area contributed by atoms with Gasteiger partial charge in [0.05, 0.1) is 5.60 Å². The van der Waals surface area contributed by atoms with E-state index in [2.05, 4.69) is 20.5 Å². The van der Waals surface area contributed by atoms with Gasteiger partial charge in [0.2, 0.25) is 0 Å². The predicted octanol–water partition coefficient (Wildman–Crippen LogP) is 1.86. The topological polar surface area (TPSA) is 70.9 Å². The van der Waals surface area contributed by atoms with Gasteiger partial charge in [-0.05, 0) is 19.9 Å². The Morgan fingerprint density at radius 1 is 1.35 bits per heavy atom. The van der Waals surface area contributed by atoms with Crippen molar-refractivity contribution in [2.75, 3.05) is 11.9 Å². The molecule has 0 atom stereocenters. The van der Waals surface area contributed by atoms with Crippen molar-refractivity contribution in [1.82, 2.24) is 15.2 Å². The monoisotopic (exact) mass is 252 g/mol. The van der Waals surface area contributed by atoms with Crippen LogP contribution in [-0.2, 0) is 0 Å². The van der Waals surface area contributed by atoms with Crippen LogP contribution < -0.4 is 5.32 Å². The van der Waals surface area contributed by atoms with Crippen molar-refractivity contribution in [2.24, 2.45) is 0 Å². The zero-order valence-corrected chi connectivity index (χ0v) is 10.4. The van der Waals surface area contributed by atoms with Crippen LogP contribution in [-0.4, -0.2) is 32.4 Å². The predicted molar refractivity (Wildman–Crippen MR) is 67.1 cm³/mol. The van der Waals surface area contributed by atoms with E-state index in [1.807, 2.05) is 0 Å². The summed E-state index contributed by atoms with van der Waals surface area (Å²) in [6, 6.07) is 1.78. The summed E-state index contributed by atoms with van der Waals surface area (Å²) < 4.78 is 0. The van der Waals surface area contributed by atoms with Crippen LogP contribution in [0, 0.1) is 0 Å². The summed E-state index contributed by atoms with van der Waals surface area (Å²) in [7, 11) is 0. The van der Waals surface area contributed by atoms with Crippen molar-refractivity contribution in [3.63, 3.8) is 0 Å². The molecule has 0 radical (unpaired) electrons. The first-order chi connectivity index (χ1) is 7.97. The summed E-state index contributed by atoms with van der Waals surface area (Å²) >= 11 is 5.94. The van der Waals surface area contributed by atoms with Gasteiger partial charge in [0.25, 0.3) is 0 Å². The largest absolute Gasteiger partial charge is 0.389 e. The molecule has 2 aromatic rings. The minimum atomic E-state index is -0.824. The minimum absolute atomic E-state index is 0.344. The van der Waals surface area contributed by atoms with Gasteiger partial charge >= 0.3 is 0 Å². The molecule has 0 aliphatic rings. The lowest BCUT2D eigenvalue weighted by Crippen LogP contribution is -2.29. The van der Waals surface area contributed by atoms with E-state index in [1.165, 1.54) is 0 Å². The molecule has 2 N–H and O–H groups in total. The normalized spacial score (nSPS) is 11.8. The van der Waals surface area contributed by atoms with E-state index >= 15 is 0 Å². The van der Waals surface area contributed by atoms with Crippen molar-refractivity contribution in [3.05, 3.63) is 23.6 Å². The summed E-state index contributed by atoms with van der Waals surface area (Å²) in [5.41, 5.74) is -0.824. The molecule has 0 aliphatic heterocycles. The number of rotatable bonds is 3.